The molecular formula is C26H36F2N4O3. The highest BCUT2D eigenvalue weighted by atomic mass is 19.1. The van der Waals surface area contributed by atoms with E-state index in [4.69, 9.17) is 9.57 Å². The number of fused-ring (bicyclic) bond motifs is 1. The van der Waals surface area contributed by atoms with Gasteiger partial charge >= 0.3 is 0 Å². The molecule has 1 N–H and O–H groups in total. The lowest BCUT2D eigenvalue weighted by Crippen LogP contribution is -2.58. The summed E-state index contributed by atoms with van der Waals surface area (Å²) in [5.74, 6) is 0.446. The number of nitrogens with zero attached hydrogens (tertiary/aromatic N) is 3. The molecule has 4 aliphatic rings. The number of benzene rings is 1. The second-order valence-corrected chi connectivity index (χ2v) is 10.6. The number of oxime groups is 1. The Kier molecular flexibility index (Phi) is 6.99. The molecule has 3 saturated heterocycles. The summed E-state index contributed by atoms with van der Waals surface area (Å²) in [4.78, 5) is 22.2. The summed E-state index contributed by atoms with van der Waals surface area (Å²) in [6.45, 7) is 5.22. The predicted molar refractivity (Wildman–Crippen MR) is 129 cm³/mol. The number of rotatable bonds is 4. The Morgan fingerprint density at radius 2 is 2.00 bits per heavy atom. The third-order valence-electron chi connectivity index (χ3n) is 8.18. The summed E-state index contributed by atoms with van der Waals surface area (Å²) in [7, 11) is 1.47. The van der Waals surface area contributed by atoms with Crippen LogP contribution in [0, 0.1) is 11.7 Å². The summed E-state index contributed by atoms with van der Waals surface area (Å²) in [5.41, 5.74) is -1.11. The van der Waals surface area contributed by atoms with Crippen molar-refractivity contribution in [1.82, 2.24) is 15.1 Å². The van der Waals surface area contributed by atoms with E-state index in [9.17, 15) is 9.18 Å². The third kappa shape index (κ3) is 5.16. The Morgan fingerprint density at radius 1 is 1.23 bits per heavy atom. The fourth-order valence-corrected chi connectivity index (χ4v) is 6.11. The van der Waals surface area contributed by atoms with Gasteiger partial charge in [0, 0.05) is 70.4 Å². The third-order valence-corrected chi connectivity index (χ3v) is 8.18. The molecule has 0 bridgehead atoms. The Labute approximate surface area is 205 Å². The number of alkyl halides is 1. The Morgan fingerprint density at radius 3 is 2.69 bits per heavy atom. The van der Waals surface area contributed by atoms with Crippen LogP contribution in [0.15, 0.2) is 23.4 Å². The number of piperidine rings is 3. The number of carbonyl (C=O) groups excluding carboxylic acids is 1. The normalized spacial score (nSPS) is 27.3. The summed E-state index contributed by atoms with van der Waals surface area (Å²) in [6.07, 6.45) is 4.53. The lowest BCUT2D eigenvalue weighted by Gasteiger charge is -2.46. The topological polar surface area (TPSA) is 66.4 Å². The van der Waals surface area contributed by atoms with Gasteiger partial charge in [0.15, 0.2) is 5.67 Å². The number of amides is 1. The van der Waals surface area contributed by atoms with Gasteiger partial charge in [0.2, 0.25) is 0 Å². The van der Waals surface area contributed by atoms with Gasteiger partial charge in [-0.25, -0.2) is 8.78 Å². The van der Waals surface area contributed by atoms with Crippen molar-refractivity contribution in [2.75, 3.05) is 52.9 Å². The molecule has 1 aromatic carbocycles. The number of hydrogen-bond donors (Lipinski definition) is 1. The number of likely N-dealkylation sites (tertiary alicyclic amines) is 2. The van der Waals surface area contributed by atoms with Crippen LogP contribution in [0.3, 0.4) is 0 Å². The van der Waals surface area contributed by atoms with E-state index in [0.29, 0.717) is 68.4 Å². The maximum absolute atomic E-state index is 15.8. The van der Waals surface area contributed by atoms with Crippen LogP contribution in [0.4, 0.5) is 8.78 Å². The minimum absolute atomic E-state index is 0.258. The average molecular weight is 491 g/mol. The van der Waals surface area contributed by atoms with E-state index in [1.165, 1.54) is 32.1 Å². The van der Waals surface area contributed by atoms with Crippen molar-refractivity contribution in [3.63, 3.8) is 0 Å². The zero-order chi connectivity index (χ0) is 24.5. The maximum atomic E-state index is 15.8. The SMILES string of the molecule is CO/N=C1\CC2(CCN(C(=O)C3(F)CCN(CC4CCCNC4)CC3)CC2)Oc2ccc(F)cc21. The summed E-state index contributed by atoms with van der Waals surface area (Å²) in [6, 6.07) is 4.38. The largest absolute Gasteiger partial charge is 0.486 e. The first-order valence-electron chi connectivity index (χ1n) is 12.9. The standard InChI is InChI=1S/C26H36F2N4O3/c1-34-30-22-16-25(35-23-5-4-20(27)15-21(22)23)6-13-32(14-7-25)24(33)26(28)8-11-31(12-9-26)18-19-3-2-10-29-17-19/h4-5,15,19,29H,2-3,6-14,16-18H2,1H3/b30-22+. The van der Waals surface area contributed by atoms with E-state index in [2.05, 4.69) is 15.4 Å². The molecule has 7 nitrogen and oxygen atoms in total. The fraction of sp³-hybridized carbons (Fsp3) is 0.692. The van der Waals surface area contributed by atoms with Crippen molar-refractivity contribution >= 4 is 11.6 Å². The number of hydrogen-bond acceptors (Lipinski definition) is 6. The van der Waals surface area contributed by atoms with Gasteiger partial charge in [0.25, 0.3) is 5.91 Å². The number of ether oxygens (including phenoxy) is 1. The number of carbonyl (C=O) groups is 1. The van der Waals surface area contributed by atoms with Crippen molar-refractivity contribution < 1.29 is 23.1 Å². The predicted octanol–water partition coefficient (Wildman–Crippen LogP) is 3.12. The molecule has 0 radical (unpaired) electrons. The maximum Gasteiger partial charge on any atom is 0.260 e. The molecule has 1 atom stereocenters. The molecule has 1 unspecified atom stereocenters. The van der Waals surface area contributed by atoms with Crippen LogP contribution >= 0.6 is 0 Å². The van der Waals surface area contributed by atoms with E-state index < -0.39 is 11.3 Å². The van der Waals surface area contributed by atoms with Crippen LogP contribution in [0.1, 0.15) is 50.5 Å². The van der Waals surface area contributed by atoms with E-state index in [-0.39, 0.29) is 24.6 Å². The van der Waals surface area contributed by atoms with E-state index in [0.717, 1.165) is 19.6 Å². The van der Waals surface area contributed by atoms with Gasteiger partial charge in [0.05, 0.1) is 5.71 Å². The Hall–Kier alpha value is -2.26. The quantitative estimate of drug-likeness (QED) is 0.657. The van der Waals surface area contributed by atoms with Gasteiger partial charge in [-0.05, 0) is 50.0 Å². The van der Waals surface area contributed by atoms with E-state index >= 15 is 4.39 Å². The van der Waals surface area contributed by atoms with Gasteiger partial charge < -0.3 is 24.7 Å². The number of halogens is 2. The molecule has 0 aliphatic carbocycles. The van der Waals surface area contributed by atoms with Crippen LogP contribution in [0.25, 0.3) is 0 Å². The van der Waals surface area contributed by atoms with Crippen molar-refractivity contribution in [2.24, 2.45) is 11.1 Å². The summed E-state index contributed by atoms with van der Waals surface area (Å²) >= 11 is 0. The zero-order valence-corrected chi connectivity index (χ0v) is 20.5. The van der Waals surface area contributed by atoms with E-state index in [1.807, 2.05) is 0 Å². The average Bonchev–Trinajstić information content (AvgIpc) is 2.87. The first kappa shape index (κ1) is 24.4. The molecule has 192 valence electrons. The van der Waals surface area contributed by atoms with Gasteiger partial charge in [-0.15, -0.1) is 0 Å². The highest BCUT2D eigenvalue weighted by Crippen LogP contribution is 2.41. The molecule has 3 fully saturated rings. The van der Waals surface area contributed by atoms with Crippen LogP contribution in [0.5, 0.6) is 5.75 Å². The van der Waals surface area contributed by atoms with Gasteiger partial charge in [-0.3, -0.25) is 4.79 Å². The summed E-state index contributed by atoms with van der Waals surface area (Å²) in [5, 5.41) is 7.57. The molecule has 1 aromatic rings. The second-order valence-electron chi connectivity index (χ2n) is 10.6. The fourth-order valence-electron chi connectivity index (χ4n) is 6.11. The van der Waals surface area contributed by atoms with Crippen molar-refractivity contribution in [3.8, 4) is 5.75 Å². The molecule has 0 saturated carbocycles. The lowest BCUT2D eigenvalue weighted by molar-refractivity contribution is -0.151. The summed E-state index contributed by atoms with van der Waals surface area (Å²) < 4.78 is 35.9. The smallest absolute Gasteiger partial charge is 0.260 e. The molecular weight excluding hydrogens is 454 g/mol. The highest BCUT2D eigenvalue weighted by molar-refractivity contribution is 6.04. The number of nitrogens with one attached hydrogen (secondary N) is 1. The lowest BCUT2D eigenvalue weighted by atomic mass is 9.81. The van der Waals surface area contributed by atoms with Crippen molar-refractivity contribution in [3.05, 3.63) is 29.6 Å². The molecule has 1 amide bonds. The van der Waals surface area contributed by atoms with Gasteiger partial charge in [0.1, 0.15) is 24.3 Å². The van der Waals surface area contributed by atoms with Gasteiger partial charge in [-0.2, -0.15) is 0 Å². The molecule has 1 spiro atoms. The van der Waals surface area contributed by atoms with Crippen molar-refractivity contribution in [2.45, 2.75) is 56.2 Å². The van der Waals surface area contributed by atoms with Crippen LogP contribution in [-0.4, -0.2) is 85.6 Å². The molecule has 5 rings (SSSR count). The first-order valence-corrected chi connectivity index (χ1v) is 12.9. The van der Waals surface area contributed by atoms with Gasteiger partial charge in [-0.1, -0.05) is 5.16 Å². The minimum Gasteiger partial charge on any atom is -0.486 e. The molecule has 4 aliphatic heterocycles. The monoisotopic (exact) mass is 490 g/mol. The molecule has 0 aromatic heterocycles. The first-order chi connectivity index (χ1) is 16.9. The van der Waals surface area contributed by atoms with E-state index in [1.54, 1.807) is 11.0 Å². The van der Waals surface area contributed by atoms with Crippen LogP contribution < -0.4 is 10.1 Å². The highest BCUT2D eigenvalue weighted by Gasteiger charge is 2.48. The van der Waals surface area contributed by atoms with Crippen molar-refractivity contribution in [1.29, 1.82) is 0 Å². The second kappa shape index (κ2) is 10.0. The minimum atomic E-state index is -1.79. The zero-order valence-electron chi connectivity index (χ0n) is 20.5. The Balaban J connectivity index is 1.18. The van der Waals surface area contributed by atoms with Crippen LogP contribution in [0.2, 0.25) is 0 Å². The van der Waals surface area contributed by atoms with Crippen LogP contribution in [-0.2, 0) is 9.63 Å². The Bertz CT molecular complexity index is 950. The molecule has 4 heterocycles. The molecule has 35 heavy (non-hydrogen) atoms. The molecule has 9 heteroatoms.